The van der Waals surface area contributed by atoms with E-state index in [-0.39, 0.29) is 6.79 Å². The van der Waals surface area contributed by atoms with Gasteiger partial charge in [0, 0.05) is 17.9 Å². The first kappa shape index (κ1) is 15.5. The molecule has 0 aliphatic rings. The molecule has 1 heterocycles. The molecular weight excluding hydrogens is 413 g/mol. The van der Waals surface area contributed by atoms with Crippen LogP contribution in [0.2, 0.25) is 0 Å². The molecule has 0 unspecified atom stereocenters. The molecule has 0 radical (unpaired) electrons. The molecule has 4 rings (SSSR count). The van der Waals surface area contributed by atoms with E-state index in [0.717, 1.165) is 15.0 Å². The summed E-state index contributed by atoms with van der Waals surface area (Å²) in [6, 6.07) is 23.1. The van der Waals surface area contributed by atoms with Gasteiger partial charge in [-0.3, -0.25) is 0 Å². The number of hydrogen-bond donors (Lipinski definition) is 0. The number of para-hydroxylation sites is 3. The highest BCUT2D eigenvalue weighted by Gasteiger charge is 2.16. The zero-order valence-corrected chi connectivity index (χ0v) is 15.4. The smallest absolute Gasteiger partial charge is 0.188 e. The number of methoxy groups -OCH3 is 1. The molecule has 0 bridgehead atoms. The average molecular weight is 429 g/mol. The van der Waals surface area contributed by atoms with E-state index in [0.29, 0.717) is 0 Å². The Morgan fingerprint density at radius 2 is 1.46 bits per heavy atom. The molecule has 0 atom stereocenters. The van der Waals surface area contributed by atoms with Crippen LogP contribution in [0.3, 0.4) is 0 Å². The van der Waals surface area contributed by atoms with E-state index in [2.05, 4.69) is 87.8 Å². The fourth-order valence-electron chi connectivity index (χ4n) is 3.12. The summed E-state index contributed by atoms with van der Waals surface area (Å²) in [5.41, 5.74) is 3.36. The zero-order valence-electron chi connectivity index (χ0n) is 13.2. The number of nitrogens with zero attached hydrogens (tertiary/aromatic N) is 1. The van der Waals surface area contributed by atoms with E-state index < -0.39 is 0 Å². The molecule has 0 amide bonds. The van der Waals surface area contributed by atoms with Crippen LogP contribution in [0.1, 0.15) is 0 Å². The number of rotatable bonds is 4. The van der Waals surface area contributed by atoms with Gasteiger partial charge in [0.2, 0.25) is 0 Å². The van der Waals surface area contributed by atoms with Crippen molar-refractivity contribution >= 4 is 44.4 Å². The Hall–Kier alpha value is -2.05. The Labute approximate surface area is 153 Å². The predicted octanol–water partition coefficient (Wildman–Crippen LogP) is 5.37. The lowest BCUT2D eigenvalue weighted by molar-refractivity contribution is 0.0505. The van der Waals surface area contributed by atoms with Crippen LogP contribution < -0.4 is 4.74 Å². The second-order valence-corrected chi connectivity index (χ2v) is 6.67. The SMILES string of the molecule is COCOc1c(I)cccc1-n1c2ccccc2c2ccccc21. The summed E-state index contributed by atoms with van der Waals surface area (Å²) in [6.45, 7) is 0.226. The van der Waals surface area contributed by atoms with Crippen LogP contribution in [-0.4, -0.2) is 18.5 Å². The fourth-order valence-corrected chi connectivity index (χ4v) is 3.76. The lowest BCUT2D eigenvalue weighted by atomic mass is 10.2. The third-order valence-corrected chi connectivity index (χ3v) is 4.94. The predicted molar refractivity (Wildman–Crippen MR) is 106 cm³/mol. The summed E-state index contributed by atoms with van der Waals surface area (Å²) >= 11 is 2.30. The van der Waals surface area contributed by atoms with Gasteiger partial charge in [0.1, 0.15) is 0 Å². The van der Waals surface area contributed by atoms with Crippen LogP contribution in [-0.2, 0) is 4.74 Å². The van der Waals surface area contributed by atoms with Gasteiger partial charge >= 0.3 is 0 Å². The van der Waals surface area contributed by atoms with Gasteiger partial charge in [-0.25, -0.2) is 0 Å². The molecular formula is C20H16INO2. The minimum Gasteiger partial charge on any atom is -0.464 e. The Balaban J connectivity index is 2.08. The van der Waals surface area contributed by atoms with Crippen molar-refractivity contribution in [3.63, 3.8) is 0 Å². The summed E-state index contributed by atoms with van der Waals surface area (Å²) < 4.78 is 14.3. The molecule has 0 saturated heterocycles. The molecule has 0 N–H and O–H groups in total. The van der Waals surface area contributed by atoms with Crippen LogP contribution in [0, 0.1) is 3.57 Å². The topological polar surface area (TPSA) is 23.4 Å². The molecule has 24 heavy (non-hydrogen) atoms. The Bertz CT molecular complexity index is 969. The summed E-state index contributed by atoms with van der Waals surface area (Å²) in [4.78, 5) is 0. The molecule has 4 heteroatoms. The van der Waals surface area contributed by atoms with E-state index in [4.69, 9.17) is 9.47 Å². The number of ether oxygens (including phenoxy) is 2. The van der Waals surface area contributed by atoms with Gasteiger partial charge in [-0.15, -0.1) is 0 Å². The van der Waals surface area contributed by atoms with E-state index in [1.54, 1.807) is 7.11 Å². The second-order valence-electron chi connectivity index (χ2n) is 5.51. The van der Waals surface area contributed by atoms with E-state index in [1.165, 1.54) is 21.8 Å². The van der Waals surface area contributed by atoms with Crippen molar-refractivity contribution in [1.82, 2.24) is 4.57 Å². The standard InChI is InChI=1S/C20H16INO2/c1-23-13-24-20-16(21)9-6-12-19(20)22-17-10-4-2-7-14(17)15-8-3-5-11-18(15)22/h2-12H,13H2,1H3. The first-order valence-corrected chi connectivity index (χ1v) is 8.78. The number of fused-ring (bicyclic) bond motifs is 3. The van der Waals surface area contributed by atoms with Crippen LogP contribution in [0.4, 0.5) is 0 Å². The van der Waals surface area contributed by atoms with Crippen LogP contribution in [0.15, 0.2) is 66.7 Å². The van der Waals surface area contributed by atoms with Gasteiger partial charge in [-0.05, 0) is 46.9 Å². The van der Waals surface area contributed by atoms with Gasteiger partial charge in [0.05, 0.1) is 20.3 Å². The number of halogens is 1. The monoisotopic (exact) mass is 429 g/mol. The Kier molecular flexibility index (Phi) is 4.16. The van der Waals surface area contributed by atoms with Crippen LogP contribution in [0.5, 0.6) is 5.75 Å². The van der Waals surface area contributed by atoms with Crippen molar-refractivity contribution in [2.24, 2.45) is 0 Å². The minimum atomic E-state index is 0.226. The highest BCUT2D eigenvalue weighted by Crippen LogP contribution is 2.36. The Morgan fingerprint density at radius 3 is 2.08 bits per heavy atom. The molecule has 1 aromatic heterocycles. The fraction of sp³-hybridized carbons (Fsp3) is 0.100. The largest absolute Gasteiger partial charge is 0.464 e. The number of aromatic nitrogens is 1. The normalized spacial score (nSPS) is 11.2. The first-order valence-electron chi connectivity index (χ1n) is 7.70. The van der Waals surface area contributed by atoms with Crippen molar-refractivity contribution < 1.29 is 9.47 Å². The third-order valence-electron chi connectivity index (χ3n) is 4.09. The lowest BCUT2D eigenvalue weighted by Crippen LogP contribution is -2.05. The molecule has 0 fully saturated rings. The van der Waals surface area contributed by atoms with E-state index >= 15 is 0 Å². The number of hydrogen-bond acceptors (Lipinski definition) is 2. The summed E-state index contributed by atoms with van der Waals surface area (Å²) in [6.07, 6.45) is 0. The van der Waals surface area contributed by atoms with Gasteiger partial charge in [-0.1, -0.05) is 42.5 Å². The van der Waals surface area contributed by atoms with E-state index in [9.17, 15) is 0 Å². The molecule has 0 aliphatic carbocycles. The maximum atomic E-state index is 5.89. The summed E-state index contributed by atoms with van der Waals surface area (Å²) in [5, 5.41) is 2.48. The Morgan fingerprint density at radius 1 is 0.833 bits per heavy atom. The quantitative estimate of drug-likeness (QED) is 0.322. The van der Waals surface area contributed by atoms with Crippen molar-refractivity contribution in [3.05, 3.63) is 70.3 Å². The van der Waals surface area contributed by atoms with Gasteiger partial charge in [0.15, 0.2) is 12.5 Å². The van der Waals surface area contributed by atoms with Crippen molar-refractivity contribution in [3.8, 4) is 11.4 Å². The molecule has 0 saturated carbocycles. The zero-order chi connectivity index (χ0) is 16.5. The van der Waals surface area contributed by atoms with Gasteiger partial charge in [-0.2, -0.15) is 0 Å². The minimum absolute atomic E-state index is 0.226. The van der Waals surface area contributed by atoms with E-state index in [1.807, 2.05) is 6.07 Å². The first-order chi connectivity index (χ1) is 11.8. The van der Waals surface area contributed by atoms with Crippen LogP contribution >= 0.6 is 22.6 Å². The molecule has 0 aliphatic heterocycles. The second kappa shape index (κ2) is 6.45. The molecule has 120 valence electrons. The molecule has 4 aromatic rings. The molecule has 3 nitrogen and oxygen atoms in total. The van der Waals surface area contributed by atoms with Crippen molar-refractivity contribution in [1.29, 1.82) is 0 Å². The van der Waals surface area contributed by atoms with Gasteiger partial charge in [0.25, 0.3) is 0 Å². The lowest BCUT2D eigenvalue weighted by Gasteiger charge is -2.15. The highest BCUT2D eigenvalue weighted by atomic mass is 127. The highest BCUT2D eigenvalue weighted by molar-refractivity contribution is 14.1. The summed E-state index contributed by atoms with van der Waals surface area (Å²) in [7, 11) is 1.63. The third kappa shape index (κ3) is 2.46. The average Bonchev–Trinajstić information content (AvgIpc) is 2.95. The number of benzene rings is 3. The molecule has 3 aromatic carbocycles. The van der Waals surface area contributed by atoms with Gasteiger partial charge < -0.3 is 14.0 Å². The van der Waals surface area contributed by atoms with Crippen molar-refractivity contribution in [2.45, 2.75) is 0 Å². The molecule has 0 spiro atoms. The summed E-state index contributed by atoms with van der Waals surface area (Å²) in [5.74, 6) is 0.839. The van der Waals surface area contributed by atoms with Crippen LogP contribution in [0.25, 0.3) is 27.5 Å². The maximum Gasteiger partial charge on any atom is 0.188 e. The maximum absolute atomic E-state index is 5.89. The van der Waals surface area contributed by atoms with Crippen molar-refractivity contribution in [2.75, 3.05) is 13.9 Å².